The Balaban J connectivity index is 1.90. The summed E-state index contributed by atoms with van der Waals surface area (Å²) in [5.41, 5.74) is 0.783. The first-order valence-corrected chi connectivity index (χ1v) is 6.32. The van der Waals surface area contributed by atoms with E-state index in [1.165, 1.54) is 6.07 Å². The van der Waals surface area contributed by atoms with Crippen LogP contribution in [0.2, 0.25) is 0 Å². The lowest BCUT2D eigenvalue weighted by Crippen LogP contribution is -2.25. The van der Waals surface area contributed by atoms with Crippen LogP contribution in [0, 0.1) is 29.0 Å². The maximum Gasteiger partial charge on any atom is 0.143 e. The minimum atomic E-state index is -0.465. The van der Waals surface area contributed by atoms with E-state index >= 15 is 0 Å². The summed E-state index contributed by atoms with van der Waals surface area (Å²) in [7, 11) is 0. The van der Waals surface area contributed by atoms with Crippen molar-refractivity contribution in [1.29, 1.82) is 5.26 Å². The van der Waals surface area contributed by atoms with E-state index in [0.29, 0.717) is 11.6 Å². The summed E-state index contributed by atoms with van der Waals surface area (Å²) in [6, 6.07) is 6.67. The topological polar surface area (TPSA) is 47.3 Å². The Morgan fingerprint density at radius 2 is 2.17 bits per heavy atom. The third-order valence-corrected chi connectivity index (χ3v) is 4.26. The molecule has 2 fully saturated rings. The van der Waals surface area contributed by atoms with Crippen LogP contribution in [0.3, 0.4) is 0 Å². The van der Waals surface area contributed by atoms with Gasteiger partial charge in [-0.15, -0.1) is 0 Å². The molecule has 3 rings (SSSR count). The molecule has 3 unspecified atom stereocenters. The van der Waals surface area contributed by atoms with Gasteiger partial charge in [-0.3, -0.25) is 0 Å². The second kappa shape index (κ2) is 4.25. The predicted octanol–water partition coefficient (Wildman–Crippen LogP) is 1.90. The van der Waals surface area contributed by atoms with Gasteiger partial charge < -0.3 is 10.0 Å². The van der Waals surface area contributed by atoms with E-state index in [2.05, 4.69) is 0 Å². The predicted molar refractivity (Wildman–Crippen MR) is 65.5 cm³/mol. The molecule has 0 aromatic heterocycles. The number of nitriles is 1. The zero-order chi connectivity index (χ0) is 12.7. The van der Waals surface area contributed by atoms with Crippen LogP contribution in [-0.2, 0) is 0 Å². The Morgan fingerprint density at radius 3 is 2.89 bits per heavy atom. The number of anilines is 1. The molecule has 3 nitrogen and oxygen atoms in total. The molecule has 94 valence electrons. The first kappa shape index (κ1) is 11.5. The van der Waals surface area contributed by atoms with E-state index in [0.717, 1.165) is 25.9 Å². The van der Waals surface area contributed by atoms with Gasteiger partial charge in [-0.1, -0.05) is 6.07 Å². The Bertz CT molecular complexity index is 511. The standard InChI is InChI=1S/C14H15FN2O/c15-12-2-1-3-13(10(12)6-16)17-7-9-4-5-14(18)11(9)8-17/h1-3,9,11,14,18H,4-5,7-8H2. The second-order valence-corrected chi connectivity index (χ2v) is 5.22. The molecule has 18 heavy (non-hydrogen) atoms. The number of nitrogens with zero attached hydrogens (tertiary/aromatic N) is 2. The molecule has 4 heteroatoms. The van der Waals surface area contributed by atoms with Crippen LogP contribution in [0.1, 0.15) is 18.4 Å². The molecule has 1 N–H and O–H groups in total. The molecule has 1 saturated carbocycles. The fraction of sp³-hybridized carbons (Fsp3) is 0.500. The smallest absolute Gasteiger partial charge is 0.143 e. The number of aliphatic hydroxyl groups excluding tert-OH is 1. The lowest BCUT2D eigenvalue weighted by Gasteiger charge is -2.21. The highest BCUT2D eigenvalue weighted by Crippen LogP contribution is 2.40. The van der Waals surface area contributed by atoms with Gasteiger partial charge in [0.15, 0.2) is 0 Å². The monoisotopic (exact) mass is 246 g/mol. The van der Waals surface area contributed by atoms with Gasteiger partial charge in [0.1, 0.15) is 17.4 Å². The summed E-state index contributed by atoms with van der Waals surface area (Å²) in [5.74, 6) is 0.294. The van der Waals surface area contributed by atoms with Crippen molar-refractivity contribution in [2.75, 3.05) is 18.0 Å². The van der Waals surface area contributed by atoms with Gasteiger partial charge in [0.25, 0.3) is 0 Å². The van der Waals surface area contributed by atoms with Crippen molar-refractivity contribution >= 4 is 5.69 Å². The molecule has 0 spiro atoms. The minimum Gasteiger partial charge on any atom is -0.393 e. The van der Waals surface area contributed by atoms with Gasteiger partial charge in [-0.2, -0.15) is 5.26 Å². The second-order valence-electron chi connectivity index (χ2n) is 5.22. The molecule has 1 aromatic rings. The van der Waals surface area contributed by atoms with E-state index in [4.69, 9.17) is 5.26 Å². The largest absolute Gasteiger partial charge is 0.393 e. The molecule has 1 aromatic carbocycles. The Kier molecular flexibility index (Phi) is 2.71. The normalized spacial score (nSPS) is 30.3. The molecule has 1 heterocycles. The number of rotatable bonds is 1. The summed E-state index contributed by atoms with van der Waals surface area (Å²) in [5, 5.41) is 18.9. The average molecular weight is 246 g/mol. The zero-order valence-electron chi connectivity index (χ0n) is 10.0. The number of benzene rings is 1. The maximum atomic E-state index is 13.6. The van der Waals surface area contributed by atoms with Gasteiger partial charge in [0.05, 0.1) is 11.8 Å². The third kappa shape index (κ3) is 1.67. The number of halogens is 1. The first-order valence-electron chi connectivity index (χ1n) is 6.32. The molecular formula is C14H15FN2O. The molecule has 0 bridgehead atoms. The molecule has 2 aliphatic rings. The van der Waals surface area contributed by atoms with Crippen molar-refractivity contribution < 1.29 is 9.50 Å². The van der Waals surface area contributed by atoms with E-state index in [-0.39, 0.29) is 17.6 Å². The molecule has 1 aliphatic heterocycles. The summed E-state index contributed by atoms with van der Waals surface area (Å²) in [6.07, 6.45) is 1.66. The molecule has 1 aliphatic carbocycles. The lowest BCUT2D eigenvalue weighted by atomic mass is 10.00. The molecule has 3 atom stereocenters. The SMILES string of the molecule is N#Cc1c(F)cccc1N1CC2CCC(O)C2C1. The van der Waals surface area contributed by atoms with E-state index in [1.807, 2.05) is 11.0 Å². The summed E-state index contributed by atoms with van der Waals surface area (Å²) < 4.78 is 13.6. The van der Waals surface area contributed by atoms with E-state index < -0.39 is 5.82 Å². The van der Waals surface area contributed by atoms with Crippen LogP contribution in [0.25, 0.3) is 0 Å². The Hall–Kier alpha value is -1.60. The molecule has 1 saturated heterocycles. The number of aliphatic hydroxyl groups is 1. The van der Waals surface area contributed by atoms with Gasteiger partial charge in [-0.05, 0) is 30.9 Å². The van der Waals surface area contributed by atoms with Crippen molar-refractivity contribution in [1.82, 2.24) is 0 Å². The van der Waals surface area contributed by atoms with Gasteiger partial charge in [0, 0.05) is 19.0 Å². The van der Waals surface area contributed by atoms with Gasteiger partial charge in [-0.25, -0.2) is 4.39 Å². The fourth-order valence-electron chi connectivity index (χ4n) is 3.32. The lowest BCUT2D eigenvalue weighted by molar-refractivity contribution is 0.133. The third-order valence-electron chi connectivity index (χ3n) is 4.26. The number of hydrogen-bond acceptors (Lipinski definition) is 3. The van der Waals surface area contributed by atoms with Crippen LogP contribution in [0.4, 0.5) is 10.1 Å². The highest BCUT2D eigenvalue weighted by molar-refractivity contribution is 5.60. The van der Waals surface area contributed by atoms with E-state index in [1.54, 1.807) is 12.1 Å². The summed E-state index contributed by atoms with van der Waals surface area (Å²) in [6.45, 7) is 1.55. The molecule has 0 radical (unpaired) electrons. The van der Waals surface area contributed by atoms with Crippen LogP contribution in [0.15, 0.2) is 18.2 Å². The minimum absolute atomic E-state index is 0.118. The van der Waals surface area contributed by atoms with Crippen LogP contribution in [0.5, 0.6) is 0 Å². The Labute approximate surface area is 105 Å². The fourth-order valence-corrected chi connectivity index (χ4v) is 3.32. The zero-order valence-corrected chi connectivity index (χ0v) is 10.0. The average Bonchev–Trinajstić information content (AvgIpc) is 2.92. The van der Waals surface area contributed by atoms with Crippen molar-refractivity contribution in [3.8, 4) is 6.07 Å². The maximum absolute atomic E-state index is 13.6. The van der Waals surface area contributed by atoms with Gasteiger partial charge >= 0.3 is 0 Å². The summed E-state index contributed by atoms with van der Waals surface area (Å²) in [4.78, 5) is 2.04. The van der Waals surface area contributed by atoms with Crippen molar-refractivity contribution in [2.45, 2.75) is 18.9 Å². The number of fused-ring (bicyclic) bond motifs is 1. The molecular weight excluding hydrogens is 231 g/mol. The Morgan fingerprint density at radius 1 is 1.33 bits per heavy atom. The van der Waals surface area contributed by atoms with E-state index in [9.17, 15) is 9.50 Å². The first-order chi connectivity index (χ1) is 8.70. The highest BCUT2D eigenvalue weighted by atomic mass is 19.1. The van der Waals surface area contributed by atoms with Crippen LogP contribution >= 0.6 is 0 Å². The van der Waals surface area contributed by atoms with Gasteiger partial charge in [0.2, 0.25) is 0 Å². The van der Waals surface area contributed by atoms with Crippen molar-refractivity contribution in [2.24, 2.45) is 11.8 Å². The van der Waals surface area contributed by atoms with Crippen LogP contribution < -0.4 is 4.90 Å². The number of hydrogen-bond donors (Lipinski definition) is 1. The summed E-state index contributed by atoms with van der Waals surface area (Å²) >= 11 is 0. The molecule has 0 amide bonds. The van der Waals surface area contributed by atoms with Crippen LogP contribution in [-0.4, -0.2) is 24.3 Å². The van der Waals surface area contributed by atoms with Crippen molar-refractivity contribution in [3.05, 3.63) is 29.6 Å². The quantitative estimate of drug-likeness (QED) is 0.823. The highest BCUT2D eigenvalue weighted by Gasteiger charge is 2.42. The van der Waals surface area contributed by atoms with Crippen molar-refractivity contribution in [3.63, 3.8) is 0 Å².